The van der Waals surface area contributed by atoms with Crippen molar-refractivity contribution in [3.05, 3.63) is 0 Å². The highest BCUT2D eigenvalue weighted by atomic mass is 16.2. The third-order valence-corrected chi connectivity index (χ3v) is 4.23. The van der Waals surface area contributed by atoms with Crippen LogP contribution in [0.15, 0.2) is 4.99 Å². The van der Waals surface area contributed by atoms with Crippen LogP contribution in [0.3, 0.4) is 0 Å². The lowest BCUT2D eigenvalue weighted by Crippen LogP contribution is -2.42. The summed E-state index contributed by atoms with van der Waals surface area (Å²) in [5.74, 6) is 2.50. The normalized spacial score (nSPS) is 22.8. The first-order valence-electron chi connectivity index (χ1n) is 8.13. The number of carbonyl (C=O) groups is 1. The van der Waals surface area contributed by atoms with Crippen LogP contribution in [0, 0.1) is 11.8 Å². The number of hydrogen-bond acceptors (Lipinski definition) is 2. The van der Waals surface area contributed by atoms with Gasteiger partial charge in [-0.3, -0.25) is 4.79 Å². The Morgan fingerprint density at radius 3 is 2.33 bits per heavy atom. The lowest BCUT2D eigenvalue weighted by Gasteiger charge is -2.31. The van der Waals surface area contributed by atoms with Crippen LogP contribution in [0.4, 0.5) is 0 Å². The van der Waals surface area contributed by atoms with Crippen molar-refractivity contribution >= 4 is 11.9 Å². The second-order valence-corrected chi connectivity index (χ2v) is 6.46. The largest absolute Gasteiger partial charge is 0.357 e. The highest BCUT2D eigenvalue weighted by molar-refractivity contribution is 5.84. The van der Waals surface area contributed by atoms with E-state index in [4.69, 9.17) is 0 Å². The first kappa shape index (κ1) is 17.8. The fraction of sp³-hybridized carbons (Fsp3) is 0.875. The van der Waals surface area contributed by atoms with Crippen molar-refractivity contribution in [3.8, 4) is 0 Å². The zero-order valence-corrected chi connectivity index (χ0v) is 14.4. The fourth-order valence-electron chi connectivity index (χ4n) is 2.74. The minimum Gasteiger partial charge on any atom is -0.357 e. The molecule has 5 nitrogen and oxygen atoms in total. The van der Waals surface area contributed by atoms with Crippen molar-refractivity contribution in [3.63, 3.8) is 0 Å². The molecule has 0 saturated heterocycles. The standard InChI is InChI=1S/C16H32N4O/c1-6-17-16(18-11-15(21)19(3)4)20(5)12-14-9-7-13(2)8-10-14/h13-14H,6-12H2,1-5H3,(H,17,18). The van der Waals surface area contributed by atoms with Crippen LogP contribution >= 0.6 is 0 Å². The zero-order valence-electron chi connectivity index (χ0n) is 14.4. The van der Waals surface area contributed by atoms with Gasteiger partial charge in [0.2, 0.25) is 5.91 Å². The Balaban J connectivity index is 2.53. The number of guanidine groups is 1. The molecule has 0 aromatic carbocycles. The maximum Gasteiger partial charge on any atom is 0.243 e. The van der Waals surface area contributed by atoms with Gasteiger partial charge in [0.25, 0.3) is 0 Å². The molecule has 122 valence electrons. The smallest absolute Gasteiger partial charge is 0.243 e. The summed E-state index contributed by atoms with van der Waals surface area (Å²) in [5, 5.41) is 3.28. The van der Waals surface area contributed by atoms with E-state index >= 15 is 0 Å². The molecule has 21 heavy (non-hydrogen) atoms. The second-order valence-electron chi connectivity index (χ2n) is 6.46. The molecule has 0 spiro atoms. The number of amides is 1. The lowest BCUT2D eigenvalue weighted by atomic mass is 9.83. The topological polar surface area (TPSA) is 47.9 Å². The molecule has 0 radical (unpaired) electrons. The molecule has 1 aliphatic carbocycles. The van der Waals surface area contributed by atoms with E-state index in [2.05, 4.69) is 36.1 Å². The molecule has 5 heteroatoms. The zero-order chi connectivity index (χ0) is 15.8. The van der Waals surface area contributed by atoms with Gasteiger partial charge in [0.1, 0.15) is 6.54 Å². The van der Waals surface area contributed by atoms with Gasteiger partial charge in [-0.25, -0.2) is 4.99 Å². The quantitative estimate of drug-likeness (QED) is 0.621. The second kappa shape index (κ2) is 8.90. The summed E-state index contributed by atoms with van der Waals surface area (Å²) in [5.41, 5.74) is 0. The number of hydrogen-bond donors (Lipinski definition) is 1. The Morgan fingerprint density at radius 1 is 1.19 bits per heavy atom. The van der Waals surface area contributed by atoms with Crippen molar-refractivity contribution in [1.29, 1.82) is 0 Å². The van der Waals surface area contributed by atoms with Gasteiger partial charge in [-0.2, -0.15) is 0 Å². The molecule has 0 bridgehead atoms. The van der Waals surface area contributed by atoms with Gasteiger partial charge in [-0.15, -0.1) is 0 Å². The predicted molar refractivity (Wildman–Crippen MR) is 88.4 cm³/mol. The molecule has 1 rings (SSSR count). The molecule has 1 amide bonds. The van der Waals surface area contributed by atoms with Crippen molar-refractivity contribution in [2.45, 2.75) is 39.5 Å². The fourth-order valence-corrected chi connectivity index (χ4v) is 2.74. The van der Waals surface area contributed by atoms with Crippen molar-refractivity contribution in [2.75, 3.05) is 40.8 Å². The van der Waals surface area contributed by atoms with Crippen LogP contribution in [0.5, 0.6) is 0 Å². The Bertz CT molecular complexity index is 346. The summed E-state index contributed by atoms with van der Waals surface area (Å²) in [7, 11) is 5.59. The molecule has 0 aromatic rings. The van der Waals surface area contributed by atoms with Crippen LogP contribution in [-0.4, -0.2) is 62.4 Å². The average Bonchev–Trinajstić information content (AvgIpc) is 2.45. The van der Waals surface area contributed by atoms with Gasteiger partial charge in [0.15, 0.2) is 5.96 Å². The molecule has 0 atom stereocenters. The van der Waals surface area contributed by atoms with Crippen molar-refractivity contribution in [2.24, 2.45) is 16.8 Å². The van der Waals surface area contributed by atoms with E-state index in [1.165, 1.54) is 25.7 Å². The van der Waals surface area contributed by atoms with Crippen molar-refractivity contribution in [1.82, 2.24) is 15.1 Å². The molecule has 1 saturated carbocycles. The number of nitrogens with one attached hydrogen (secondary N) is 1. The Hall–Kier alpha value is -1.26. The van der Waals surface area contributed by atoms with Gasteiger partial charge in [0, 0.05) is 34.2 Å². The first-order valence-corrected chi connectivity index (χ1v) is 8.13. The molecule has 1 aliphatic rings. The highest BCUT2D eigenvalue weighted by Crippen LogP contribution is 2.28. The van der Waals surface area contributed by atoms with E-state index in [0.717, 1.165) is 30.9 Å². The summed E-state index contributed by atoms with van der Waals surface area (Å²) in [4.78, 5) is 19.9. The highest BCUT2D eigenvalue weighted by Gasteiger charge is 2.20. The van der Waals surface area contributed by atoms with Crippen LogP contribution in [-0.2, 0) is 4.79 Å². The lowest BCUT2D eigenvalue weighted by molar-refractivity contribution is -0.127. The van der Waals surface area contributed by atoms with E-state index in [0.29, 0.717) is 0 Å². The Kier molecular flexibility index (Phi) is 7.54. The monoisotopic (exact) mass is 296 g/mol. The molecule has 0 aliphatic heterocycles. The summed E-state index contributed by atoms with van der Waals surface area (Å²) in [6.07, 6.45) is 5.29. The van der Waals surface area contributed by atoms with E-state index in [1.54, 1.807) is 19.0 Å². The molecule has 0 aromatic heterocycles. The minimum absolute atomic E-state index is 0.0327. The number of aliphatic imine (C=N–C) groups is 1. The first-order chi connectivity index (χ1) is 9.93. The van der Waals surface area contributed by atoms with Gasteiger partial charge >= 0.3 is 0 Å². The molecule has 0 unspecified atom stereocenters. The summed E-state index contributed by atoms with van der Waals surface area (Å²) >= 11 is 0. The maximum atomic E-state index is 11.7. The van der Waals surface area contributed by atoms with Gasteiger partial charge in [0.05, 0.1) is 0 Å². The third kappa shape index (κ3) is 6.36. The van der Waals surface area contributed by atoms with Crippen LogP contribution in [0.2, 0.25) is 0 Å². The number of carbonyl (C=O) groups excluding carboxylic acids is 1. The SMILES string of the molecule is CCNC(=NCC(=O)N(C)C)N(C)CC1CCC(C)CC1. The molecular weight excluding hydrogens is 264 g/mol. The number of nitrogens with zero attached hydrogens (tertiary/aromatic N) is 3. The molecule has 1 fully saturated rings. The van der Waals surface area contributed by atoms with E-state index in [1.807, 2.05) is 0 Å². The van der Waals surface area contributed by atoms with Gasteiger partial charge < -0.3 is 15.1 Å². The number of likely N-dealkylation sites (N-methyl/N-ethyl adjacent to an activating group) is 1. The van der Waals surface area contributed by atoms with Crippen LogP contribution in [0.1, 0.15) is 39.5 Å². The van der Waals surface area contributed by atoms with Crippen LogP contribution < -0.4 is 5.32 Å². The summed E-state index contributed by atoms with van der Waals surface area (Å²) in [6, 6.07) is 0. The van der Waals surface area contributed by atoms with E-state index < -0.39 is 0 Å². The van der Waals surface area contributed by atoms with Gasteiger partial charge in [-0.05, 0) is 31.6 Å². The van der Waals surface area contributed by atoms with E-state index in [-0.39, 0.29) is 12.5 Å². The summed E-state index contributed by atoms with van der Waals surface area (Å²) < 4.78 is 0. The van der Waals surface area contributed by atoms with Crippen LogP contribution in [0.25, 0.3) is 0 Å². The Labute approximate surface area is 129 Å². The minimum atomic E-state index is 0.0327. The van der Waals surface area contributed by atoms with Crippen molar-refractivity contribution < 1.29 is 4.79 Å². The Morgan fingerprint density at radius 2 is 1.81 bits per heavy atom. The average molecular weight is 296 g/mol. The maximum absolute atomic E-state index is 11.7. The molecule has 0 heterocycles. The van der Waals surface area contributed by atoms with Gasteiger partial charge in [-0.1, -0.05) is 19.8 Å². The molecule has 1 N–H and O–H groups in total. The third-order valence-electron chi connectivity index (χ3n) is 4.23. The predicted octanol–water partition coefficient (Wildman–Crippen LogP) is 1.80. The van der Waals surface area contributed by atoms with E-state index in [9.17, 15) is 4.79 Å². The summed E-state index contributed by atoms with van der Waals surface area (Å²) in [6.45, 7) is 6.45. The molecular formula is C16H32N4O. The number of rotatable bonds is 5.